The molecule has 30 heavy (non-hydrogen) atoms. The molecule has 156 valence electrons. The first kappa shape index (κ1) is 20.2. The van der Waals surface area contributed by atoms with Crippen LogP contribution in [0.2, 0.25) is 0 Å². The van der Waals surface area contributed by atoms with E-state index in [0.717, 1.165) is 30.4 Å². The van der Waals surface area contributed by atoms with Gasteiger partial charge in [-0.3, -0.25) is 24.3 Å². The molecule has 1 aliphatic rings. The molecule has 0 bridgehead atoms. The molecule has 1 unspecified atom stereocenters. The fourth-order valence-corrected chi connectivity index (χ4v) is 5.26. The van der Waals surface area contributed by atoms with Crippen LogP contribution in [0.15, 0.2) is 23.3 Å². The van der Waals surface area contributed by atoms with Crippen LogP contribution in [-0.2, 0) is 24.2 Å². The van der Waals surface area contributed by atoms with Gasteiger partial charge < -0.3 is 5.32 Å². The molecule has 0 radical (unpaired) electrons. The molecule has 0 fully saturated rings. The molecular formula is C21H22N4O4S. The zero-order chi connectivity index (χ0) is 21.6. The van der Waals surface area contributed by atoms with E-state index in [1.165, 1.54) is 21.8 Å². The minimum absolute atomic E-state index is 0.161. The van der Waals surface area contributed by atoms with Crippen molar-refractivity contribution in [2.75, 3.05) is 5.32 Å². The molecule has 1 aromatic carbocycles. The van der Waals surface area contributed by atoms with Crippen molar-refractivity contribution in [3.8, 4) is 0 Å². The standard InChI is InChI=1S/C21H22N4O4S/c1-11-4-6-14-16(8-11)30-20-18(14)21(27)24(10-22-20)9-17(26)23-19-13(3)12(2)5-7-15(19)25(28)29/h5,7,10-11H,4,6,8-9H2,1-3H3,(H,23,26). The number of thiophene rings is 1. The molecule has 1 aliphatic carbocycles. The maximum atomic E-state index is 13.1. The third-order valence-electron chi connectivity index (χ3n) is 5.77. The van der Waals surface area contributed by atoms with Crippen LogP contribution in [0.4, 0.5) is 11.4 Å². The summed E-state index contributed by atoms with van der Waals surface area (Å²) in [5.41, 5.74) is 2.26. The Morgan fingerprint density at radius 2 is 2.17 bits per heavy atom. The van der Waals surface area contributed by atoms with Crippen LogP contribution in [-0.4, -0.2) is 20.4 Å². The van der Waals surface area contributed by atoms with Crippen LogP contribution in [0, 0.1) is 29.9 Å². The Kier molecular flexibility index (Phi) is 5.15. The SMILES string of the molecule is Cc1ccc([N+](=O)[O-])c(NC(=O)Cn2cnc3sc4c(c3c2=O)CCC(C)C4)c1C. The second-order valence-corrected chi connectivity index (χ2v) is 9.00. The van der Waals surface area contributed by atoms with E-state index in [4.69, 9.17) is 0 Å². The Balaban J connectivity index is 1.65. The topological polar surface area (TPSA) is 107 Å². The highest BCUT2D eigenvalue weighted by Crippen LogP contribution is 2.35. The number of anilines is 1. The highest BCUT2D eigenvalue weighted by atomic mass is 32.1. The van der Waals surface area contributed by atoms with Gasteiger partial charge in [0.2, 0.25) is 5.91 Å². The van der Waals surface area contributed by atoms with Crippen LogP contribution < -0.4 is 10.9 Å². The summed E-state index contributed by atoms with van der Waals surface area (Å²) in [4.78, 5) is 42.9. The molecule has 9 heteroatoms. The maximum absolute atomic E-state index is 13.1. The Morgan fingerprint density at radius 3 is 2.90 bits per heavy atom. The first-order chi connectivity index (χ1) is 14.3. The first-order valence-corrected chi connectivity index (χ1v) is 10.6. The summed E-state index contributed by atoms with van der Waals surface area (Å²) in [7, 11) is 0. The second kappa shape index (κ2) is 7.64. The lowest BCUT2D eigenvalue weighted by Gasteiger charge is -2.17. The van der Waals surface area contributed by atoms with E-state index in [1.54, 1.807) is 24.3 Å². The molecule has 4 rings (SSSR count). The Bertz CT molecular complexity index is 1240. The van der Waals surface area contributed by atoms with Crippen molar-refractivity contribution < 1.29 is 9.72 Å². The van der Waals surface area contributed by atoms with Gasteiger partial charge in [0.05, 0.1) is 16.6 Å². The summed E-state index contributed by atoms with van der Waals surface area (Å²) < 4.78 is 1.28. The van der Waals surface area contributed by atoms with Gasteiger partial charge in [-0.25, -0.2) is 4.98 Å². The molecule has 2 aromatic heterocycles. The van der Waals surface area contributed by atoms with E-state index >= 15 is 0 Å². The number of nitro benzene ring substituents is 1. The first-order valence-electron chi connectivity index (χ1n) is 9.80. The third kappa shape index (κ3) is 3.49. The zero-order valence-electron chi connectivity index (χ0n) is 17.0. The van der Waals surface area contributed by atoms with Gasteiger partial charge in [0.15, 0.2) is 0 Å². The van der Waals surface area contributed by atoms with Crippen molar-refractivity contribution in [2.24, 2.45) is 5.92 Å². The summed E-state index contributed by atoms with van der Waals surface area (Å²) >= 11 is 1.56. The summed E-state index contributed by atoms with van der Waals surface area (Å²) in [5.74, 6) is 0.0831. The number of hydrogen-bond donors (Lipinski definition) is 1. The Hall–Kier alpha value is -3.07. The van der Waals surface area contributed by atoms with Gasteiger partial charge in [-0.05, 0) is 55.7 Å². The quantitative estimate of drug-likeness (QED) is 0.505. The minimum Gasteiger partial charge on any atom is -0.319 e. The molecule has 0 saturated carbocycles. The number of carbonyl (C=O) groups is 1. The molecule has 0 spiro atoms. The fourth-order valence-electron chi connectivity index (χ4n) is 3.92. The van der Waals surface area contributed by atoms with E-state index in [9.17, 15) is 19.7 Å². The number of aromatic nitrogens is 2. The number of carbonyl (C=O) groups excluding carboxylic acids is 1. The number of amides is 1. The van der Waals surface area contributed by atoms with Gasteiger partial charge >= 0.3 is 0 Å². The van der Waals surface area contributed by atoms with E-state index in [0.29, 0.717) is 21.7 Å². The number of fused-ring (bicyclic) bond motifs is 3. The fraction of sp³-hybridized carbons (Fsp3) is 0.381. The number of benzene rings is 1. The summed E-state index contributed by atoms with van der Waals surface area (Å²) in [6.07, 6.45) is 4.21. The summed E-state index contributed by atoms with van der Waals surface area (Å²) in [6, 6.07) is 3.02. The van der Waals surface area contributed by atoms with Crippen LogP contribution in [0.1, 0.15) is 34.9 Å². The van der Waals surface area contributed by atoms with E-state index < -0.39 is 10.8 Å². The number of nitrogens with zero attached hydrogens (tertiary/aromatic N) is 3. The van der Waals surface area contributed by atoms with Crippen molar-refractivity contribution >= 4 is 38.8 Å². The van der Waals surface area contributed by atoms with E-state index in [1.807, 2.05) is 6.92 Å². The van der Waals surface area contributed by atoms with Gasteiger partial charge in [-0.15, -0.1) is 11.3 Å². The molecule has 8 nitrogen and oxygen atoms in total. The average Bonchev–Trinajstić information content (AvgIpc) is 3.05. The van der Waals surface area contributed by atoms with Crippen molar-refractivity contribution in [3.05, 3.63) is 60.5 Å². The summed E-state index contributed by atoms with van der Waals surface area (Å²) in [5, 5.41) is 14.6. The molecule has 1 amide bonds. The predicted molar refractivity (Wildman–Crippen MR) is 116 cm³/mol. The number of aryl methyl sites for hydroxylation is 2. The van der Waals surface area contributed by atoms with Crippen LogP contribution in [0.3, 0.4) is 0 Å². The molecule has 3 aromatic rings. The summed E-state index contributed by atoms with van der Waals surface area (Å²) in [6.45, 7) is 5.48. The number of nitro groups is 1. The normalized spacial score (nSPS) is 15.8. The van der Waals surface area contributed by atoms with E-state index in [-0.39, 0.29) is 23.5 Å². The zero-order valence-corrected chi connectivity index (χ0v) is 17.8. The van der Waals surface area contributed by atoms with Crippen LogP contribution >= 0.6 is 11.3 Å². The van der Waals surface area contributed by atoms with Gasteiger partial charge in [0, 0.05) is 10.9 Å². The minimum atomic E-state index is -0.527. The highest BCUT2D eigenvalue weighted by molar-refractivity contribution is 7.18. The second-order valence-electron chi connectivity index (χ2n) is 7.92. The molecule has 0 aliphatic heterocycles. The third-order valence-corrected chi connectivity index (χ3v) is 6.93. The highest BCUT2D eigenvalue weighted by Gasteiger charge is 2.24. The lowest BCUT2D eigenvalue weighted by molar-refractivity contribution is -0.384. The van der Waals surface area contributed by atoms with E-state index in [2.05, 4.69) is 17.2 Å². The van der Waals surface area contributed by atoms with Crippen molar-refractivity contribution in [1.29, 1.82) is 0 Å². The number of rotatable bonds is 4. The van der Waals surface area contributed by atoms with Crippen molar-refractivity contribution in [2.45, 2.75) is 46.6 Å². The van der Waals surface area contributed by atoms with Crippen molar-refractivity contribution in [3.63, 3.8) is 0 Å². The Morgan fingerprint density at radius 1 is 1.40 bits per heavy atom. The van der Waals surface area contributed by atoms with Crippen LogP contribution in [0.5, 0.6) is 0 Å². The van der Waals surface area contributed by atoms with Gasteiger partial charge in [-0.2, -0.15) is 0 Å². The number of nitrogens with one attached hydrogen (secondary N) is 1. The average molecular weight is 426 g/mol. The lowest BCUT2D eigenvalue weighted by Crippen LogP contribution is -2.28. The number of hydrogen-bond acceptors (Lipinski definition) is 6. The van der Waals surface area contributed by atoms with Crippen molar-refractivity contribution in [1.82, 2.24) is 9.55 Å². The molecule has 2 heterocycles. The smallest absolute Gasteiger partial charge is 0.293 e. The van der Waals surface area contributed by atoms with Gasteiger partial charge in [0.25, 0.3) is 11.2 Å². The molecule has 1 N–H and O–H groups in total. The monoisotopic (exact) mass is 426 g/mol. The van der Waals surface area contributed by atoms with Crippen LogP contribution in [0.25, 0.3) is 10.2 Å². The maximum Gasteiger partial charge on any atom is 0.293 e. The largest absolute Gasteiger partial charge is 0.319 e. The lowest BCUT2D eigenvalue weighted by atomic mass is 9.89. The van der Waals surface area contributed by atoms with Gasteiger partial charge in [-0.1, -0.05) is 13.0 Å². The molecule has 1 atom stereocenters. The Labute approximate surface area is 176 Å². The molecule has 0 saturated heterocycles. The molecular weight excluding hydrogens is 404 g/mol. The van der Waals surface area contributed by atoms with Gasteiger partial charge in [0.1, 0.15) is 17.1 Å². The predicted octanol–water partition coefficient (Wildman–Crippen LogP) is 3.75.